The van der Waals surface area contributed by atoms with Crippen LogP contribution < -0.4 is 0 Å². The number of rotatable bonds is 4. The highest BCUT2D eigenvalue weighted by atomic mass is 15.0. The molecule has 0 unspecified atom stereocenters. The van der Waals surface area contributed by atoms with Gasteiger partial charge in [0.2, 0.25) is 0 Å². The molecule has 3 heterocycles. The minimum absolute atomic E-state index is 0.577. The lowest BCUT2D eigenvalue weighted by molar-refractivity contribution is 0.924. The molecule has 0 saturated carbocycles. The summed E-state index contributed by atoms with van der Waals surface area (Å²) >= 11 is 0. The van der Waals surface area contributed by atoms with Crippen LogP contribution in [0.5, 0.6) is 0 Å². The van der Waals surface area contributed by atoms with Gasteiger partial charge in [0.1, 0.15) is 23.3 Å². The van der Waals surface area contributed by atoms with E-state index in [9.17, 15) is 5.26 Å². The van der Waals surface area contributed by atoms with Crippen LogP contribution in [-0.2, 0) is 0 Å². The Morgan fingerprint density at radius 2 is 1.16 bits per heavy atom. The van der Waals surface area contributed by atoms with E-state index >= 15 is 0 Å². The van der Waals surface area contributed by atoms with Gasteiger partial charge in [0.25, 0.3) is 0 Å². The van der Waals surface area contributed by atoms with E-state index in [1.54, 1.807) is 0 Å². The molecule has 4 aromatic carbocycles. The number of benzene rings is 4. The molecule has 43 heavy (non-hydrogen) atoms. The van der Waals surface area contributed by atoms with Crippen LogP contribution in [0.15, 0.2) is 84.9 Å². The highest BCUT2D eigenvalue weighted by molar-refractivity contribution is 6.10. The topological polar surface area (TPSA) is 106 Å². The number of aryl methyl sites for hydroxylation is 4. The summed E-state index contributed by atoms with van der Waals surface area (Å²) in [4.78, 5) is 27.6. The summed E-state index contributed by atoms with van der Waals surface area (Å²) in [7, 11) is 0. The third-order valence-corrected chi connectivity index (χ3v) is 7.45. The molecule has 0 aliphatic rings. The second-order valence-corrected chi connectivity index (χ2v) is 10.5. The molecular formula is C35H26N8. The number of para-hydroxylation sites is 1. The van der Waals surface area contributed by atoms with E-state index in [1.807, 2.05) is 58.0 Å². The molecule has 0 N–H and O–H groups in total. The van der Waals surface area contributed by atoms with Crippen molar-refractivity contribution in [2.24, 2.45) is 0 Å². The van der Waals surface area contributed by atoms with E-state index in [0.717, 1.165) is 49.7 Å². The summed E-state index contributed by atoms with van der Waals surface area (Å²) in [5.74, 6) is 3.79. The molecule has 206 valence electrons. The summed E-state index contributed by atoms with van der Waals surface area (Å²) in [5, 5.41) is 11.8. The molecule has 8 heteroatoms. The van der Waals surface area contributed by atoms with Crippen molar-refractivity contribution in [3.63, 3.8) is 0 Å². The van der Waals surface area contributed by atoms with Crippen LogP contribution in [0.3, 0.4) is 0 Å². The first-order valence-corrected chi connectivity index (χ1v) is 14.0. The molecule has 0 spiro atoms. The average molecular weight is 559 g/mol. The van der Waals surface area contributed by atoms with Gasteiger partial charge in [-0.05, 0) is 81.3 Å². The van der Waals surface area contributed by atoms with Gasteiger partial charge < -0.3 is 4.57 Å². The van der Waals surface area contributed by atoms with Gasteiger partial charge in [-0.2, -0.15) is 5.26 Å². The molecule has 0 aliphatic heterocycles. The van der Waals surface area contributed by atoms with Crippen molar-refractivity contribution in [1.29, 1.82) is 5.26 Å². The predicted octanol–water partition coefficient (Wildman–Crippen LogP) is 7.26. The van der Waals surface area contributed by atoms with Gasteiger partial charge in [0.05, 0.1) is 28.4 Å². The van der Waals surface area contributed by atoms with Crippen LogP contribution in [0.4, 0.5) is 0 Å². The summed E-state index contributed by atoms with van der Waals surface area (Å²) in [6.07, 6.45) is 0. The van der Waals surface area contributed by atoms with Gasteiger partial charge in [-0.3, -0.25) is 0 Å². The zero-order valence-corrected chi connectivity index (χ0v) is 24.2. The normalized spacial score (nSPS) is 11.2. The highest BCUT2D eigenvalue weighted by Gasteiger charge is 2.20. The standard InChI is InChI=1S/C35H26N8/c1-20-37-21(2)40-34(39-20)27-13-15-32(30(17-27)35-41-22(3)38-23(4)42-35)43-31-11-6-5-10-28(31)29-14-12-26(18-33(29)43)25-9-7-8-24(16-25)19-36/h5-18H,1-4H3. The Morgan fingerprint density at radius 3 is 1.88 bits per heavy atom. The first kappa shape index (κ1) is 26.1. The van der Waals surface area contributed by atoms with Crippen molar-refractivity contribution in [3.05, 3.63) is 114 Å². The minimum atomic E-state index is 0.577. The quantitative estimate of drug-likeness (QED) is 0.224. The summed E-state index contributed by atoms with van der Waals surface area (Å²) in [6.45, 7) is 7.49. The number of hydrogen-bond acceptors (Lipinski definition) is 7. The molecule has 0 saturated heterocycles. The molecule has 0 fully saturated rings. The van der Waals surface area contributed by atoms with Gasteiger partial charge in [0, 0.05) is 21.9 Å². The Bertz CT molecular complexity index is 2220. The van der Waals surface area contributed by atoms with Crippen LogP contribution >= 0.6 is 0 Å². The van der Waals surface area contributed by atoms with Gasteiger partial charge in [-0.25, -0.2) is 29.9 Å². The summed E-state index contributed by atoms with van der Waals surface area (Å²) in [5.41, 5.74) is 7.32. The van der Waals surface area contributed by atoms with Crippen LogP contribution in [-0.4, -0.2) is 34.5 Å². The van der Waals surface area contributed by atoms with Crippen molar-refractivity contribution in [3.8, 4) is 45.7 Å². The first-order chi connectivity index (χ1) is 20.9. The van der Waals surface area contributed by atoms with E-state index in [4.69, 9.17) is 9.97 Å². The van der Waals surface area contributed by atoms with Gasteiger partial charge in [-0.15, -0.1) is 0 Å². The third kappa shape index (κ3) is 4.67. The molecule has 0 aliphatic carbocycles. The van der Waals surface area contributed by atoms with E-state index < -0.39 is 0 Å². The highest BCUT2D eigenvalue weighted by Crippen LogP contribution is 2.38. The smallest absolute Gasteiger partial charge is 0.165 e. The van der Waals surface area contributed by atoms with Crippen molar-refractivity contribution >= 4 is 21.8 Å². The van der Waals surface area contributed by atoms with Gasteiger partial charge in [-0.1, -0.05) is 42.5 Å². The largest absolute Gasteiger partial charge is 0.308 e. The fourth-order valence-electron chi connectivity index (χ4n) is 5.71. The van der Waals surface area contributed by atoms with Gasteiger partial charge in [0.15, 0.2) is 11.6 Å². The Labute approximate surface area is 248 Å². The summed E-state index contributed by atoms with van der Waals surface area (Å²) in [6, 6.07) is 31.0. The maximum absolute atomic E-state index is 9.50. The summed E-state index contributed by atoms with van der Waals surface area (Å²) < 4.78 is 2.26. The van der Waals surface area contributed by atoms with Crippen LogP contribution in [0.1, 0.15) is 28.9 Å². The average Bonchev–Trinajstić information content (AvgIpc) is 3.33. The maximum atomic E-state index is 9.50. The number of nitriles is 1. The van der Waals surface area contributed by atoms with Crippen molar-refractivity contribution in [1.82, 2.24) is 34.5 Å². The second-order valence-electron chi connectivity index (χ2n) is 10.5. The number of nitrogens with zero attached hydrogens (tertiary/aromatic N) is 8. The molecule has 0 bridgehead atoms. The van der Waals surface area contributed by atoms with E-state index in [-0.39, 0.29) is 0 Å². The molecular weight excluding hydrogens is 532 g/mol. The molecule has 0 amide bonds. The fraction of sp³-hybridized carbons (Fsp3) is 0.114. The number of aromatic nitrogens is 7. The van der Waals surface area contributed by atoms with Crippen LogP contribution in [0.2, 0.25) is 0 Å². The molecule has 7 aromatic rings. The molecule has 7 rings (SSSR count). The number of fused-ring (bicyclic) bond motifs is 3. The molecule has 8 nitrogen and oxygen atoms in total. The van der Waals surface area contributed by atoms with Crippen LogP contribution in [0, 0.1) is 39.0 Å². The van der Waals surface area contributed by atoms with Crippen molar-refractivity contribution in [2.75, 3.05) is 0 Å². The van der Waals surface area contributed by atoms with E-state index in [0.29, 0.717) is 40.5 Å². The monoisotopic (exact) mass is 558 g/mol. The SMILES string of the molecule is Cc1nc(C)nc(-c2ccc(-n3c4ccccc4c4ccc(-c5cccc(C#N)c5)cc43)c(-c3nc(C)nc(C)n3)c2)n1. The van der Waals surface area contributed by atoms with Crippen LogP contribution in [0.25, 0.3) is 61.4 Å². The second kappa shape index (κ2) is 10.2. The zero-order valence-electron chi connectivity index (χ0n) is 24.2. The third-order valence-electron chi connectivity index (χ3n) is 7.45. The Balaban J connectivity index is 1.55. The maximum Gasteiger partial charge on any atom is 0.165 e. The lowest BCUT2D eigenvalue weighted by atomic mass is 10.0. The Kier molecular flexibility index (Phi) is 6.21. The lowest BCUT2D eigenvalue weighted by Gasteiger charge is -2.15. The lowest BCUT2D eigenvalue weighted by Crippen LogP contribution is -2.04. The molecule has 0 radical (unpaired) electrons. The minimum Gasteiger partial charge on any atom is -0.308 e. The van der Waals surface area contributed by atoms with Crippen molar-refractivity contribution in [2.45, 2.75) is 27.7 Å². The molecule has 3 aromatic heterocycles. The number of hydrogen-bond donors (Lipinski definition) is 0. The van der Waals surface area contributed by atoms with E-state index in [2.05, 4.69) is 85.2 Å². The first-order valence-electron chi connectivity index (χ1n) is 14.0. The zero-order chi connectivity index (χ0) is 29.7. The van der Waals surface area contributed by atoms with E-state index in [1.165, 1.54) is 0 Å². The van der Waals surface area contributed by atoms with Gasteiger partial charge >= 0.3 is 0 Å². The Hall–Kier alpha value is -5.81. The fourth-order valence-corrected chi connectivity index (χ4v) is 5.71. The van der Waals surface area contributed by atoms with Crippen molar-refractivity contribution < 1.29 is 0 Å². The molecule has 0 atom stereocenters. The Morgan fingerprint density at radius 1 is 0.535 bits per heavy atom. The predicted molar refractivity (Wildman–Crippen MR) is 168 cm³/mol.